The average molecular weight is 260 g/mol. The first-order chi connectivity index (χ1) is 8.82. The third-order valence-electron chi connectivity index (χ3n) is 4.34. The molecule has 1 aliphatic heterocycles. The van der Waals surface area contributed by atoms with E-state index in [1.54, 1.807) is 0 Å². The molecule has 0 aromatic heterocycles. The molecule has 19 heavy (non-hydrogen) atoms. The van der Waals surface area contributed by atoms with Crippen LogP contribution in [0, 0.1) is 12.8 Å². The summed E-state index contributed by atoms with van der Waals surface area (Å²) in [7, 11) is 0. The number of ether oxygens (including phenoxy) is 1. The van der Waals surface area contributed by atoms with Gasteiger partial charge < -0.3 is 4.74 Å². The van der Waals surface area contributed by atoms with Crippen LogP contribution in [0.4, 0.5) is 0 Å². The molecule has 1 aromatic rings. The molecule has 1 nitrogen and oxygen atoms in total. The second kappa shape index (κ2) is 5.28. The Kier molecular flexibility index (Phi) is 4.06. The van der Waals surface area contributed by atoms with Crippen molar-refractivity contribution in [3.8, 4) is 0 Å². The third-order valence-corrected chi connectivity index (χ3v) is 4.34. The number of rotatable bonds is 4. The first-order valence-corrected chi connectivity index (χ1v) is 7.58. The van der Waals surface area contributed by atoms with Gasteiger partial charge in [0.25, 0.3) is 0 Å². The second-order valence-corrected chi connectivity index (χ2v) is 7.12. The summed E-state index contributed by atoms with van der Waals surface area (Å²) in [5.74, 6) is 0.624. The first kappa shape index (κ1) is 14.6. The fourth-order valence-electron chi connectivity index (χ4n) is 2.81. The summed E-state index contributed by atoms with van der Waals surface area (Å²) < 4.78 is 5.74. The summed E-state index contributed by atoms with van der Waals surface area (Å²) in [5.41, 5.74) is 4.57. The number of hydrogen-bond donors (Lipinski definition) is 0. The summed E-state index contributed by atoms with van der Waals surface area (Å²) in [6, 6.07) is 6.94. The number of benzene rings is 1. The summed E-state index contributed by atoms with van der Waals surface area (Å²) in [4.78, 5) is 0. The van der Waals surface area contributed by atoms with E-state index >= 15 is 0 Å². The molecular formula is C18H28O. The highest BCUT2D eigenvalue weighted by Gasteiger charge is 2.41. The minimum Gasteiger partial charge on any atom is -0.369 e. The molecule has 1 aliphatic rings. The van der Waals surface area contributed by atoms with Crippen molar-refractivity contribution in [1.29, 1.82) is 0 Å². The Balaban J connectivity index is 2.11. The maximum Gasteiger partial charge on any atom is 0.0870 e. The zero-order chi connectivity index (χ0) is 14.2. The van der Waals surface area contributed by atoms with Crippen molar-refractivity contribution in [2.75, 3.05) is 0 Å². The number of hydrogen-bond acceptors (Lipinski definition) is 1. The standard InChI is InChI=1S/C18H28O/c1-7-16-17(19-16)13(3)10-14-11-15(18(4,5)6)9-8-12(14)2/h8-9,11,13,16-17H,7,10H2,1-6H3. The van der Waals surface area contributed by atoms with Crippen LogP contribution < -0.4 is 0 Å². The molecule has 0 bridgehead atoms. The molecule has 0 saturated carbocycles. The fraction of sp³-hybridized carbons (Fsp3) is 0.667. The van der Waals surface area contributed by atoms with Crippen molar-refractivity contribution < 1.29 is 4.74 Å². The van der Waals surface area contributed by atoms with Gasteiger partial charge in [0.15, 0.2) is 0 Å². The van der Waals surface area contributed by atoms with E-state index < -0.39 is 0 Å². The Hall–Kier alpha value is -0.820. The molecule has 3 atom stereocenters. The zero-order valence-corrected chi connectivity index (χ0v) is 13.3. The molecule has 1 heterocycles. The van der Waals surface area contributed by atoms with Gasteiger partial charge in [-0.2, -0.15) is 0 Å². The predicted molar refractivity (Wildman–Crippen MR) is 81.7 cm³/mol. The molecule has 1 heteroatoms. The van der Waals surface area contributed by atoms with Crippen molar-refractivity contribution in [2.24, 2.45) is 5.92 Å². The Morgan fingerprint density at radius 1 is 1.26 bits per heavy atom. The summed E-state index contributed by atoms with van der Waals surface area (Å²) in [6.45, 7) is 13.6. The maximum atomic E-state index is 5.74. The molecule has 0 N–H and O–H groups in total. The second-order valence-electron chi connectivity index (χ2n) is 7.12. The van der Waals surface area contributed by atoms with Gasteiger partial charge in [-0.05, 0) is 47.8 Å². The minimum absolute atomic E-state index is 0.230. The van der Waals surface area contributed by atoms with E-state index in [0.29, 0.717) is 18.1 Å². The van der Waals surface area contributed by atoms with Crippen LogP contribution in [-0.4, -0.2) is 12.2 Å². The number of aryl methyl sites for hydroxylation is 1. The number of epoxide rings is 1. The van der Waals surface area contributed by atoms with Crippen LogP contribution >= 0.6 is 0 Å². The Labute approximate surface area is 118 Å². The molecule has 3 unspecified atom stereocenters. The lowest BCUT2D eigenvalue weighted by atomic mass is 9.83. The molecule has 1 fully saturated rings. The SMILES string of the molecule is CCC1OC1C(C)Cc1cc(C(C)(C)C)ccc1C. The highest BCUT2D eigenvalue weighted by atomic mass is 16.6. The predicted octanol–water partition coefficient (Wildman–Crippen LogP) is 4.65. The normalized spacial score (nSPS) is 24.3. The first-order valence-electron chi connectivity index (χ1n) is 7.58. The van der Waals surface area contributed by atoms with Crippen LogP contribution in [0.5, 0.6) is 0 Å². The largest absolute Gasteiger partial charge is 0.369 e. The van der Waals surface area contributed by atoms with Crippen molar-refractivity contribution in [2.45, 2.75) is 72.0 Å². The van der Waals surface area contributed by atoms with Gasteiger partial charge in [-0.1, -0.05) is 52.8 Å². The topological polar surface area (TPSA) is 12.5 Å². The lowest BCUT2D eigenvalue weighted by molar-refractivity contribution is 0.322. The highest BCUT2D eigenvalue weighted by Crippen LogP contribution is 2.34. The Morgan fingerprint density at radius 2 is 1.95 bits per heavy atom. The van der Waals surface area contributed by atoms with Gasteiger partial charge in [-0.25, -0.2) is 0 Å². The monoisotopic (exact) mass is 260 g/mol. The summed E-state index contributed by atoms with van der Waals surface area (Å²) >= 11 is 0. The van der Waals surface area contributed by atoms with Gasteiger partial charge in [-0.3, -0.25) is 0 Å². The molecule has 106 valence electrons. The van der Waals surface area contributed by atoms with Crippen LogP contribution in [0.25, 0.3) is 0 Å². The third kappa shape index (κ3) is 3.39. The quantitative estimate of drug-likeness (QED) is 0.718. The molecule has 0 amide bonds. The molecule has 2 rings (SSSR count). The van der Waals surface area contributed by atoms with Gasteiger partial charge in [-0.15, -0.1) is 0 Å². The van der Waals surface area contributed by atoms with Crippen molar-refractivity contribution in [3.63, 3.8) is 0 Å². The Bertz CT molecular complexity index is 441. The van der Waals surface area contributed by atoms with Gasteiger partial charge in [0.2, 0.25) is 0 Å². The molecule has 0 aliphatic carbocycles. The van der Waals surface area contributed by atoms with Gasteiger partial charge in [0.1, 0.15) is 0 Å². The van der Waals surface area contributed by atoms with Crippen LogP contribution in [0.2, 0.25) is 0 Å². The van der Waals surface area contributed by atoms with E-state index in [4.69, 9.17) is 4.74 Å². The van der Waals surface area contributed by atoms with E-state index in [0.717, 1.165) is 12.8 Å². The average Bonchev–Trinajstić information content (AvgIpc) is 3.09. The van der Waals surface area contributed by atoms with Crippen molar-refractivity contribution >= 4 is 0 Å². The van der Waals surface area contributed by atoms with Crippen molar-refractivity contribution in [3.05, 3.63) is 34.9 Å². The zero-order valence-electron chi connectivity index (χ0n) is 13.3. The lowest BCUT2D eigenvalue weighted by Gasteiger charge is -2.21. The van der Waals surface area contributed by atoms with Gasteiger partial charge in [0, 0.05) is 0 Å². The van der Waals surface area contributed by atoms with Gasteiger partial charge >= 0.3 is 0 Å². The van der Waals surface area contributed by atoms with E-state index in [1.807, 2.05) is 0 Å². The van der Waals surface area contributed by atoms with E-state index in [-0.39, 0.29) is 5.41 Å². The van der Waals surface area contributed by atoms with Crippen LogP contribution in [-0.2, 0) is 16.6 Å². The summed E-state index contributed by atoms with van der Waals surface area (Å²) in [6.07, 6.45) is 3.29. The molecular weight excluding hydrogens is 232 g/mol. The minimum atomic E-state index is 0.230. The fourth-order valence-corrected chi connectivity index (χ4v) is 2.81. The van der Waals surface area contributed by atoms with E-state index in [9.17, 15) is 0 Å². The lowest BCUT2D eigenvalue weighted by Crippen LogP contribution is -2.14. The molecule has 1 saturated heterocycles. The van der Waals surface area contributed by atoms with Gasteiger partial charge in [0.05, 0.1) is 12.2 Å². The highest BCUT2D eigenvalue weighted by molar-refractivity contribution is 5.35. The molecule has 0 radical (unpaired) electrons. The Morgan fingerprint density at radius 3 is 2.47 bits per heavy atom. The molecule has 1 aromatic carbocycles. The van der Waals surface area contributed by atoms with E-state index in [2.05, 4.69) is 59.7 Å². The summed E-state index contributed by atoms with van der Waals surface area (Å²) in [5, 5.41) is 0. The van der Waals surface area contributed by atoms with E-state index in [1.165, 1.54) is 16.7 Å². The smallest absolute Gasteiger partial charge is 0.0870 e. The van der Waals surface area contributed by atoms with Crippen LogP contribution in [0.1, 0.15) is 57.7 Å². The van der Waals surface area contributed by atoms with Crippen LogP contribution in [0.15, 0.2) is 18.2 Å². The van der Waals surface area contributed by atoms with Crippen molar-refractivity contribution in [1.82, 2.24) is 0 Å². The molecule has 0 spiro atoms. The maximum absolute atomic E-state index is 5.74. The van der Waals surface area contributed by atoms with Crippen LogP contribution in [0.3, 0.4) is 0 Å².